The third-order valence-electron chi connectivity index (χ3n) is 0.447. The fourth-order valence-electron chi connectivity index (χ4n) is 0.213. The molecule has 0 spiro atoms. The fourth-order valence-corrected chi connectivity index (χ4v) is 0.638. The summed E-state index contributed by atoms with van der Waals surface area (Å²) in [5.74, 6) is 2.00. The molecule has 42 valence electrons. The molecule has 2 heteroatoms. The summed E-state index contributed by atoms with van der Waals surface area (Å²) in [7, 11) is 0. The van der Waals surface area contributed by atoms with Crippen molar-refractivity contribution in [2.45, 2.75) is 19.1 Å². The van der Waals surface area contributed by atoms with E-state index in [0.717, 1.165) is 0 Å². The molecule has 0 aliphatic rings. The molecule has 0 aromatic heterocycles. The zero-order chi connectivity index (χ0) is 5.70. The van der Waals surface area contributed by atoms with Gasteiger partial charge in [0.05, 0.1) is 0 Å². The molecule has 0 aliphatic carbocycles. The van der Waals surface area contributed by atoms with E-state index in [0.29, 0.717) is 5.25 Å². The van der Waals surface area contributed by atoms with Gasteiger partial charge in [0.2, 0.25) is 0 Å². The van der Waals surface area contributed by atoms with Crippen molar-refractivity contribution in [1.82, 2.24) is 0 Å². The van der Waals surface area contributed by atoms with Crippen LogP contribution < -0.4 is 18.9 Å². The van der Waals surface area contributed by atoms with Crippen molar-refractivity contribution >= 4 is 11.8 Å². The summed E-state index contributed by atoms with van der Waals surface area (Å²) in [5.41, 5.74) is 0. The maximum atomic E-state index is 3.56. The zero-order valence-electron chi connectivity index (χ0n) is 5.85. The minimum Gasteiger partial charge on any atom is -0.244 e. The Hall–Kier alpha value is 0.557. The van der Waals surface area contributed by atoms with Crippen molar-refractivity contribution in [3.63, 3.8) is 0 Å². The minimum absolute atomic E-state index is 0. The van der Waals surface area contributed by atoms with Crippen molar-refractivity contribution in [3.05, 3.63) is 18.4 Å². The second kappa shape index (κ2) is 7.56. The second-order valence-electron chi connectivity index (χ2n) is 1.56. The van der Waals surface area contributed by atoms with Crippen LogP contribution in [0, 0.1) is 5.75 Å². The molecule has 0 heterocycles. The Morgan fingerprint density at radius 1 is 1.62 bits per heavy atom. The topological polar surface area (TPSA) is 0 Å². The van der Waals surface area contributed by atoms with E-state index in [1.54, 1.807) is 11.8 Å². The van der Waals surface area contributed by atoms with Crippen LogP contribution >= 0.6 is 11.8 Å². The van der Waals surface area contributed by atoms with Gasteiger partial charge in [0.25, 0.3) is 0 Å². The molecule has 0 rings (SSSR count). The predicted octanol–water partition coefficient (Wildman–Crippen LogP) is -0.520. The SMILES string of the molecule is C=C[CH-]SC(C)C.[Li+]. The van der Waals surface area contributed by atoms with E-state index in [-0.39, 0.29) is 18.9 Å². The maximum absolute atomic E-state index is 3.56. The first kappa shape index (κ1) is 11.4. The van der Waals surface area contributed by atoms with E-state index in [1.807, 2.05) is 11.8 Å². The van der Waals surface area contributed by atoms with Crippen LogP contribution in [0.3, 0.4) is 0 Å². The second-order valence-corrected chi connectivity index (χ2v) is 3.04. The van der Waals surface area contributed by atoms with Crippen LogP contribution in [0.25, 0.3) is 0 Å². The Morgan fingerprint density at radius 2 is 2.12 bits per heavy atom. The van der Waals surface area contributed by atoms with E-state index in [9.17, 15) is 0 Å². The van der Waals surface area contributed by atoms with Crippen molar-refractivity contribution in [3.8, 4) is 0 Å². The van der Waals surface area contributed by atoms with E-state index < -0.39 is 0 Å². The Balaban J connectivity index is 0. The van der Waals surface area contributed by atoms with Crippen molar-refractivity contribution in [2.75, 3.05) is 0 Å². The van der Waals surface area contributed by atoms with Crippen LogP contribution in [0.2, 0.25) is 0 Å². The average Bonchev–Trinajstić information content (AvgIpc) is 1.61. The first-order chi connectivity index (χ1) is 3.27. The number of rotatable bonds is 3. The summed E-state index contributed by atoms with van der Waals surface area (Å²) in [6.07, 6.45) is 1.81. The molecule has 0 amide bonds. The van der Waals surface area contributed by atoms with Crippen molar-refractivity contribution in [2.24, 2.45) is 0 Å². The summed E-state index contributed by atoms with van der Waals surface area (Å²) in [6.45, 7) is 7.87. The average molecular weight is 122 g/mol. The van der Waals surface area contributed by atoms with Gasteiger partial charge in [0.15, 0.2) is 0 Å². The molecular formula is C6H11LiS. The molecule has 0 unspecified atom stereocenters. The minimum atomic E-state index is 0. The van der Waals surface area contributed by atoms with Gasteiger partial charge in [-0.2, -0.15) is 5.75 Å². The number of hydrogen-bond acceptors (Lipinski definition) is 1. The molecule has 0 bridgehead atoms. The largest absolute Gasteiger partial charge is 1.00 e. The maximum Gasteiger partial charge on any atom is 1.00 e. The Morgan fingerprint density at radius 3 is 2.25 bits per heavy atom. The molecule has 0 fully saturated rings. The standard InChI is InChI=1S/C6H11S.Li/c1-4-5-7-6(2)3;/h4-6H,1H2,2-3H3;/q-1;+1. The Labute approximate surface area is 68.3 Å². The molecule has 0 aromatic carbocycles. The molecule has 0 nitrogen and oxygen atoms in total. The molecule has 0 saturated heterocycles. The van der Waals surface area contributed by atoms with Crippen molar-refractivity contribution < 1.29 is 18.9 Å². The normalized spacial score (nSPS) is 7.88. The van der Waals surface area contributed by atoms with E-state index >= 15 is 0 Å². The molecule has 0 saturated carbocycles. The molecule has 0 aliphatic heterocycles. The molecule has 0 N–H and O–H groups in total. The first-order valence-corrected chi connectivity index (χ1v) is 3.31. The van der Waals surface area contributed by atoms with Crippen LogP contribution in [0.5, 0.6) is 0 Å². The summed E-state index contributed by atoms with van der Waals surface area (Å²) < 4.78 is 0. The van der Waals surface area contributed by atoms with Gasteiger partial charge in [-0.1, -0.05) is 13.8 Å². The molecule has 8 heavy (non-hydrogen) atoms. The monoisotopic (exact) mass is 122 g/mol. The third kappa shape index (κ3) is 9.75. The summed E-state index contributed by atoms with van der Waals surface area (Å²) in [5, 5.41) is 0.693. The smallest absolute Gasteiger partial charge is 0.244 e. The van der Waals surface area contributed by atoms with Crippen molar-refractivity contribution in [1.29, 1.82) is 0 Å². The van der Waals surface area contributed by atoms with Gasteiger partial charge in [-0.3, -0.25) is 0 Å². The summed E-state index contributed by atoms with van der Waals surface area (Å²) in [6, 6.07) is 0. The van der Waals surface area contributed by atoms with Gasteiger partial charge >= 0.3 is 18.9 Å². The Bertz CT molecular complexity index is 52.5. The van der Waals surface area contributed by atoms with Crippen LogP contribution in [-0.2, 0) is 0 Å². The van der Waals surface area contributed by atoms with Crippen LogP contribution in [0.15, 0.2) is 12.7 Å². The Kier molecular flexibility index (Phi) is 10.7. The zero-order valence-corrected chi connectivity index (χ0v) is 6.66. The predicted molar refractivity (Wildman–Crippen MR) is 37.2 cm³/mol. The number of hydrogen-bond donors (Lipinski definition) is 0. The summed E-state index contributed by atoms with van der Waals surface area (Å²) >= 11 is 1.79. The van der Waals surface area contributed by atoms with Gasteiger partial charge in [0, 0.05) is 0 Å². The first-order valence-electron chi connectivity index (χ1n) is 2.37. The van der Waals surface area contributed by atoms with E-state index in [1.165, 1.54) is 0 Å². The van der Waals surface area contributed by atoms with Crippen LogP contribution in [-0.4, -0.2) is 5.25 Å². The van der Waals surface area contributed by atoms with Gasteiger partial charge in [-0.25, -0.2) is 24.4 Å². The molecule has 0 atom stereocenters. The molecule has 0 radical (unpaired) electrons. The third-order valence-corrected chi connectivity index (χ3v) is 1.34. The van der Waals surface area contributed by atoms with Crippen LogP contribution in [0.4, 0.5) is 0 Å². The summed E-state index contributed by atoms with van der Waals surface area (Å²) in [4.78, 5) is 0. The number of thioether (sulfide) groups is 1. The molecule has 0 aromatic rings. The van der Waals surface area contributed by atoms with E-state index in [2.05, 4.69) is 20.4 Å². The quantitative estimate of drug-likeness (QED) is 0.358. The van der Waals surface area contributed by atoms with Gasteiger partial charge < -0.3 is 0 Å². The van der Waals surface area contributed by atoms with Crippen LogP contribution in [0.1, 0.15) is 13.8 Å². The fraction of sp³-hybridized carbons (Fsp3) is 0.500. The van der Waals surface area contributed by atoms with Gasteiger partial charge in [-0.05, 0) is 5.25 Å². The van der Waals surface area contributed by atoms with E-state index in [4.69, 9.17) is 0 Å². The van der Waals surface area contributed by atoms with Gasteiger partial charge in [0.1, 0.15) is 0 Å². The molecular weight excluding hydrogens is 111 g/mol. The van der Waals surface area contributed by atoms with Gasteiger partial charge in [-0.15, -0.1) is 0 Å².